The Labute approximate surface area is 128 Å². The highest BCUT2D eigenvalue weighted by atomic mass is 16.3. The van der Waals surface area contributed by atoms with Gasteiger partial charge >= 0.3 is 0 Å². The zero-order valence-corrected chi connectivity index (χ0v) is 12.2. The first-order valence-electron chi connectivity index (χ1n) is 7.73. The van der Waals surface area contributed by atoms with Crippen LogP contribution in [0.2, 0.25) is 0 Å². The van der Waals surface area contributed by atoms with Gasteiger partial charge in [-0.05, 0) is 43.5 Å². The smallest absolute Gasteiger partial charge is 0.251 e. The average molecular weight is 298 g/mol. The molecule has 3 atom stereocenters. The van der Waals surface area contributed by atoms with E-state index in [9.17, 15) is 9.59 Å². The lowest BCUT2D eigenvalue weighted by Gasteiger charge is -2.30. The molecule has 5 heteroatoms. The van der Waals surface area contributed by atoms with E-state index in [1.807, 2.05) is 6.07 Å². The van der Waals surface area contributed by atoms with Crippen LogP contribution >= 0.6 is 0 Å². The molecule has 1 amide bonds. The summed E-state index contributed by atoms with van der Waals surface area (Å²) in [5.41, 5.74) is 1.15. The Balaban J connectivity index is 1.51. The number of benzene rings is 1. The molecular weight excluding hydrogens is 280 g/mol. The van der Waals surface area contributed by atoms with Gasteiger partial charge in [0, 0.05) is 30.1 Å². The minimum atomic E-state index is -0.0709. The van der Waals surface area contributed by atoms with E-state index in [1.54, 1.807) is 18.2 Å². The molecular formula is C17H18N2O3. The molecule has 0 spiro atoms. The molecule has 2 fully saturated rings. The second kappa shape index (κ2) is 5.25. The van der Waals surface area contributed by atoms with Crippen LogP contribution in [0.5, 0.6) is 0 Å². The third kappa shape index (κ3) is 2.41. The molecule has 4 rings (SSSR count). The largest absolute Gasteiger partial charge is 0.453 e. The summed E-state index contributed by atoms with van der Waals surface area (Å²) in [6, 6.07) is 7.20. The molecule has 5 nitrogen and oxygen atoms in total. The van der Waals surface area contributed by atoms with Gasteiger partial charge in [0.25, 0.3) is 5.91 Å². The summed E-state index contributed by atoms with van der Waals surface area (Å²) >= 11 is 0. The topological polar surface area (TPSA) is 62.6 Å². The first-order chi connectivity index (χ1) is 10.7. The molecule has 1 aromatic carbocycles. The maximum absolute atomic E-state index is 12.4. The number of nitrogens with one attached hydrogen (secondary N) is 1. The monoisotopic (exact) mass is 298 g/mol. The third-order valence-corrected chi connectivity index (χ3v) is 4.72. The number of carbonyl (C=O) groups is 2. The minimum Gasteiger partial charge on any atom is -0.453 e. The molecule has 0 saturated carbocycles. The number of furan rings is 1. The summed E-state index contributed by atoms with van der Waals surface area (Å²) in [5.74, 6) is 0.935. The van der Waals surface area contributed by atoms with Gasteiger partial charge in [0.1, 0.15) is 5.58 Å². The zero-order valence-electron chi connectivity index (χ0n) is 12.2. The highest BCUT2D eigenvalue weighted by Gasteiger charge is 2.32. The van der Waals surface area contributed by atoms with Crippen molar-refractivity contribution in [2.24, 2.45) is 5.92 Å². The predicted molar refractivity (Wildman–Crippen MR) is 82.0 cm³/mol. The molecule has 1 unspecified atom stereocenters. The van der Waals surface area contributed by atoms with Gasteiger partial charge in [-0.15, -0.1) is 0 Å². The summed E-state index contributed by atoms with van der Waals surface area (Å²) in [5, 5.41) is 3.96. The Morgan fingerprint density at radius 3 is 3.05 bits per heavy atom. The molecule has 0 aliphatic carbocycles. The van der Waals surface area contributed by atoms with Gasteiger partial charge in [0.15, 0.2) is 12.0 Å². The quantitative estimate of drug-likeness (QED) is 0.881. The third-order valence-electron chi connectivity index (χ3n) is 4.72. The number of amides is 1. The Hall–Kier alpha value is -2.14. The zero-order chi connectivity index (χ0) is 15.1. The van der Waals surface area contributed by atoms with Crippen molar-refractivity contribution in [3.8, 4) is 0 Å². The van der Waals surface area contributed by atoms with Gasteiger partial charge in [0.05, 0.1) is 0 Å². The molecule has 0 radical (unpaired) electrons. The van der Waals surface area contributed by atoms with Crippen molar-refractivity contribution < 1.29 is 14.0 Å². The second-order valence-electron chi connectivity index (χ2n) is 6.34. The van der Waals surface area contributed by atoms with E-state index in [-0.39, 0.29) is 17.7 Å². The van der Waals surface area contributed by atoms with Crippen molar-refractivity contribution in [1.29, 1.82) is 0 Å². The summed E-state index contributed by atoms with van der Waals surface area (Å²) in [4.78, 5) is 25.6. The molecule has 2 saturated heterocycles. The summed E-state index contributed by atoms with van der Waals surface area (Å²) in [6.07, 6.45) is 2.99. The molecule has 1 N–H and O–H groups in total. The van der Waals surface area contributed by atoms with Crippen LogP contribution in [0.3, 0.4) is 0 Å². The summed E-state index contributed by atoms with van der Waals surface area (Å²) in [6.45, 7) is 3.28. The lowest BCUT2D eigenvalue weighted by Crippen LogP contribution is -2.47. The first kappa shape index (κ1) is 13.5. The summed E-state index contributed by atoms with van der Waals surface area (Å²) < 4.78 is 5.39. The number of rotatable bonds is 3. The number of aldehydes is 1. The lowest BCUT2D eigenvalue weighted by atomic mass is 9.96. The number of fused-ring (bicyclic) bond motifs is 3. The van der Waals surface area contributed by atoms with Crippen LogP contribution in [0, 0.1) is 5.92 Å². The van der Waals surface area contributed by atoms with Gasteiger partial charge in [0.2, 0.25) is 0 Å². The summed E-state index contributed by atoms with van der Waals surface area (Å²) in [7, 11) is 0. The van der Waals surface area contributed by atoms with Crippen LogP contribution in [0.4, 0.5) is 0 Å². The molecule has 2 aliphatic rings. The van der Waals surface area contributed by atoms with E-state index >= 15 is 0 Å². The lowest BCUT2D eigenvalue weighted by molar-refractivity contribution is 0.0909. The van der Waals surface area contributed by atoms with Crippen molar-refractivity contribution in [3.63, 3.8) is 0 Å². The van der Waals surface area contributed by atoms with Gasteiger partial charge < -0.3 is 14.6 Å². The van der Waals surface area contributed by atoms with Crippen molar-refractivity contribution in [3.05, 3.63) is 35.6 Å². The van der Waals surface area contributed by atoms with E-state index in [1.165, 1.54) is 13.0 Å². The van der Waals surface area contributed by atoms with Crippen molar-refractivity contribution in [2.45, 2.75) is 18.9 Å². The predicted octanol–water partition coefficient (Wildman–Crippen LogP) is 2.07. The molecule has 3 heterocycles. The Bertz CT molecular complexity index is 725. The normalized spacial score (nSPS) is 27.0. The second-order valence-corrected chi connectivity index (χ2v) is 6.34. The van der Waals surface area contributed by atoms with Crippen molar-refractivity contribution in [1.82, 2.24) is 10.2 Å². The van der Waals surface area contributed by atoms with Crippen LogP contribution in [0.1, 0.15) is 33.8 Å². The number of hydrogen-bond acceptors (Lipinski definition) is 4. The van der Waals surface area contributed by atoms with E-state index in [4.69, 9.17) is 4.42 Å². The maximum Gasteiger partial charge on any atom is 0.251 e. The minimum absolute atomic E-state index is 0.0709. The highest BCUT2D eigenvalue weighted by Crippen LogP contribution is 2.27. The van der Waals surface area contributed by atoms with Gasteiger partial charge in [-0.3, -0.25) is 9.59 Å². The van der Waals surface area contributed by atoms with Crippen LogP contribution < -0.4 is 5.32 Å². The fraction of sp³-hybridized carbons (Fsp3) is 0.412. The van der Waals surface area contributed by atoms with E-state index in [2.05, 4.69) is 10.2 Å². The Morgan fingerprint density at radius 1 is 1.32 bits per heavy atom. The number of piperidine rings is 1. The molecule has 114 valence electrons. The molecule has 2 aliphatic heterocycles. The SMILES string of the molecule is O=Cc1cc2ccc(C(=O)N[C@@H]3C[C@H]4CCN(C4)C3)cc2o1. The fourth-order valence-corrected chi connectivity index (χ4v) is 3.68. The van der Waals surface area contributed by atoms with Crippen LogP contribution in [-0.2, 0) is 0 Å². The van der Waals surface area contributed by atoms with E-state index in [0.29, 0.717) is 17.4 Å². The first-order valence-corrected chi connectivity index (χ1v) is 7.73. The van der Waals surface area contributed by atoms with Crippen molar-refractivity contribution in [2.75, 3.05) is 19.6 Å². The molecule has 2 aromatic rings. The molecule has 1 aromatic heterocycles. The molecule has 22 heavy (non-hydrogen) atoms. The number of carbonyl (C=O) groups excluding carboxylic acids is 2. The van der Waals surface area contributed by atoms with Crippen LogP contribution in [0.15, 0.2) is 28.7 Å². The number of hydrogen-bond donors (Lipinski definition) is 1. The fourth-order valence-electron chi connectivity index (χ4n) is 3.68. The van der Waals surface area contributed by atoms with Crippen molar-refractivity contribution >= 4 is 23.2 Å². The number of nitrogens with zero attached hydrogens (tertiary/aromatic N) is 1. The highest BCUT2D eigenvalue weighted by molar-refractivity contribution is 5.98. The van der Waals surface area contributed by atoms with Crippen LogP contribution in [-0.4, -0.2) is 42.8 Å². The average Bonchev–Trinajstić information content (AvgIpc) is 3.09. The van der Waals surface area contributed by atoms with Gasteiger partial charge in [-0.2, -0.15) is 0 Å². The Kier molecular flexibility index (Phi) is 3.22. The van der Waals surface area contributed by atoms with Crippen LogP contribution in [0.25, 0.3) is 11.0 Å². The van der Waals surface area contributed by atoms with Gasteiger partial charge in [-0.25, -0.2) is 0 Å². The van der Waals surface area contributed by atoms with Gasteiger partial charge in [-0.1, -0.05) is 6.07 Å². The van der Waals surface area contributed by atoms with E-state index < -0.39 is 0 Å². The van der Waals surface area contributed by atoms with E-state index in [0.717, 1.165) is 30.8 Å². The maximum atomic E-state index is 12.4. The Morgan fingerprint density at radius 2 is 2.23 bits per heavy atom. The molecule has 2 bridgehead atoms. The standard InChI is InChI=1S/C17H18N2O3/c20-10-15-6-12-1-2-13(7-16(12)22-15)17(21)18-14-5-11-3-4-19(8-11)9-14/h1-2,6-7,10-11,14H,3-5,8-9H2,(H,18,21)/t11-,14-/m1/s1.